The van der Waals surface area contributed by atoms with Gasteiger partial charge in [0.15, 0.2) is 11.5 Å². The Morgan fingerprint density at radius 3 is 2.69 bits per heavy atom. The second-order valence-electron chi connectivity index (χ2n) is 9.25. The van der Waals surface area contributed by atoms with Crippen LogP contribution in [-0.2, 0) is 30.7 Å². The number of H-pyrrole nitrogens is 1. The molecule has 1 atom stereocenters. The molecule has 0 saturated heterocycles. The van der Waals surface area contributed by atoms with Gasteiger partial charge in [-0.2, -0.15) is 0 Å². The zero-order valence-corrected chi connectivity index (χ0v) is 20.0. The average Bonchev–Trinajstić information content (AvgIpc) is 3.27. The zero-order valence-electron chi connectivity index (χ0n) is 20.0. The number of hydrogen-bond acceptors (Lipinski definition) is 5. The summed E-state index contributed by atoms with van der Waals surface area (Å²) in [6.45, 7) is 2.36. The molecule has 0 spiro atoms. The first-order chi connectivity index (χ1) is 17.1. The third-order valence-corrected chi connectivity index (χ3v) is 7.32. The maximum absolute atomic E-state index is 11.7. The van der Waals surface area contributed by atoms with Crippen molar-refractivity contribution in [1.29, 1.82) is 0 Å². The van der Waals surface area contributed by atoms with E-state index in [9.17, 15) is 4.79 Å². The van der Waals surface area contributed by atoms with Gasteiger partial charge in [-0.15, -0.1) is 0 Å². The molecule has 6 nitrogen and oxygen atoms in total. The Balaban J connectivity index is 1.26. The second kappa shape index (κ2) is 8.78. The van der Waals surface area contributed by atoms with Crippen LogP contribution in [0.3, 0.4) is 0 Å². The fraction of sp³-hybridized carbons (Fsp3) is 0.276. The molecule has 178 valence electrons. The van der Waals surface area contributed by atoms with Crippen LogP contribution in [0.4, 0.5) is 0 Å². The molecule has 1 aromatic heterocycles. The van der Waals surface area contributed by atoms with Gasteiger partial charge in [0.2, 0.25) is 0 Å². The van der Waals surface area contributed by atoms with E-state index in [4.69, 9.17) is 14.2 Å². The van der Waals surface area contributed by atoms with E-state index in [-0.39, 0.29) is 5.97 Å². The van der Waals surface area contributed by atoms with Crippen molar-refractivity contribution in [3.63, 3.8) is 0 Å². The number of esters is 1. The minimum atomic E-state index is -0.342. The van der Waals surface area contributed by atoms with Crippen molar-refractivity contribution < 1.29 is 19.0 Å². The van der Waals surface area contributed by atoms with Crippen molar-refractivity contribution >= 4 is 16.9 Å². The van der Waals surface area contributed by atoms with E-state index < -0.39 is 0 Å². The maximum Gasteiger partial charge on any atom is 0.337 e. The first-order valence-electron chi connectivity index (χ1n) is 12.0. The number of ether oxygens (including phenoxy) is 3. The molecule has 3 heterocycles. The molecule has 1 N–H and O–H groups in total. The molecule has 6 heteroatoms. The number of aromatic amines is 1. The number of fused-ring (bicyclic) bond motifs is 6. The number of hydrogen-bond donors (Lipinski definition) is 1. The van der Waals surface area contributed by atoms with Crippen molar-refractivity contribution in [3.05, 3.63) is 94.2 Å². The zero-order chi connectivity index (χ0) is 23.9. The van der Waals surface area contributed by atoms with Gasteiger partial charge >= 0.3 is 5.97 Å². The minimum absolute atomic E-state index is 0.333. The van der Waals surface area contributed by atoms with Gasteiger partial charge in [0.25, 0.3) is 0 Å². The topological polar surface area (TPSA) is 63.8 Å². The molecule has 6 rings (SSSR count). The molecule has 0 amide bonds. The molecule has 0 saturated carbocycles. The lowest BCUT2D eigenvalue weighted by Crippen LogP contribution is -2.39. The van der Waals surface area contributed by atoms with Crippen LogP contribution < -0.4 is 9.47 Å². The van der Waals surface area contributed by atoms with Crippen LogP contribution >= 0.6 is 0 Å². The molecule has 35 heavy (non-hydrogen) atoms. The van der Waals surface area contributed by atoms with E-state index in [0.29, 0.717) is 18.2 Å². The van der Waals surface area contributed by atoms with Gasteiger partial charge in [0, 0.05) is 35.7 Å². The number of methoxy groups -OCH3 is 2. The van der Waals surface area contributed by atoms with Crippen LogP contribution in [0.1, 0.15) is 44.3 Å². The molecule has 2 aliphatic heterocycles. The molecule has 0 fully saturated rings. The van der Waals surface area contributed by atoms with E-state index >= 15 is 0 Å². The number of para-hydroxylation sites is 1. The fourth-order valence-corrected chi connectivity index (χ4v) is 5.50. The van der Waals surface area contributed by atoms with Gasteiger partial charge in [-0.3, -0.25) is 4.90 Å². The summed E-state index contributed by atoms with van der Waals surface area (Å²) >= 11 is 0. The smallest absolute Gasteiger partial charge is 0.337 e. The van der Waals surface area contributed by atoms with E-state index in [2.05, 4.69) is 46.3 Å². The SMILES string of the molecule is COC(=O)c1ccc(COc2cc3c(cc2OC)C2Cc4c([nH]c5ccccc45)CN2CC3)cc1. The number of nitrogens with zero attached hydrogens (tertiary/aromatic N) is 1. The lowest BCUT2D eigenvalue weighted by molar-refractivity contribution is 0.0600. The molecular formula is C29H28N2O4. The Morgan fingerprint density at radius 2 is 1.89 bits per heavy atom. The molecular weight excluding hydrogens is 440 g/mol. The number of carbonyl (C=O) groups is 1. The van der Waals surface area contributed by atoms with Gasteiger partial charge in [0.1, 0.15) is 6.61 Å². The monoisotopic (exact) mass is 468 g/mol. The van der Waals surface area contributed by atoms with Gasteiger partial charge in [-0.25, -0.2) is 4.79 Å². The van der Waals surface area contributed by atoms with Gasteiger partial charge < -0.3 is 19.2 Å². The third kappa shape index (κ3) is 3.84. The van der Waals surface area contributed by atoms with Crippen molar-refractivity contribution in [3.8, 4) is 11.5 Å². The molecule has 0 radical (unpaired) electrons. The quantitative estimate of drug-likeness (QED) is 0.408. The summed E-state index contributed by atoms with van der Waals surface area (Å²) in [7, 11) is 3.08. The molecule has 1 unspecified atom stereocenters. The maximum atomic E-state index is 11.7. The molecule has 2 aliphatic rings. The number of benzene rings is 3. The molecule has 0 bridgehead atoms. The summed E-state index contributed by atoms with van der Waals surface area (Å²) < 4.78 is 16.7. The van der Waals surface area contributed by atoms with Crippen LogP contribution in [0.2, 0.25) is 0 Å². The number of carbonyl (C=O) groups excluding carboxylic acids is 1. The summed E-state index contributed by atoms with van der Waals surface area (Å²) in [5.74, 6) is 1.16. The van der Waals surface area contributed by atoms with E-state index in [1.807, 2.05) is 12.1 Å². The van der Waals surface area contributed by atoms with Crippen LogP contribution in [0.15, 0.2) is 60.7 Å². The predicted molar refractivity (Wildman–Crippen MR) is 134 cm³/mol. The molecule has 3 aromatic carbocycles. The summed E-state index contributed by atoms with van der Waals surface area (Å²) in [4.78, 5) is 17.9. The number of rotatable bonds is 5. The molecule has 0 aliphatic carbocycles. The Morgan fingerprint density at radius 1 is 1.06 bits per heavy atom. The normalized spacial score (nSPS) is 16.8. The van der Waals surface area contributed by atoms with E-state index in [0.717, 1.165) is 43.0 Å². The Kier molecular flexibility index (Phi) is 5.46. The number of nitrogens with one attached hydrogen (secondary N) is 1. The van der Waals surface area contributed by atoms with Gasteiger partial charge in [-0.1, -0.05) is 30.3 Å². The van der Waals surface area contributed by atoms with Crippen LogP contribution in [0, 0.1) is 0 Å². The Hall–Kier alpha value is -3.77. The van der Waals surface area contributed by atoms with Gasteiger partial charge in [0.05, 0.1) is 19.8 Å². The van der Waals surface area contributed by atoms with Crippen molar-refractivity contribution in [2.24, 2.45) is 0 Å². The highest BCUT2D eigenvalue weighted by Crippen LogP contribution is 2.43. The average molecular weight is 469 g/mol. The van der Waals surface area contributed by atoms with Crippen molar-refractivity contribution in [2.75, 3.05) is 20.8 Å². The first kappa shape index (κ1) is 21.7. The largest absolute Gasteiger partial charge is 0.493 e. The van der Waals surface area contributed by atoms with Crippen molar-refractivity contribution in [1.82, 2.24) is 9.88 Å². The lowest BCUT2D eigenvalue weighted by Gasteiger charge is -2.40. The summed E-state index contributed by atoms with van der Waals surface area (Å²) in [6, 6.07) is 20.5. The third-order valence-electron chi connectivity index (χ3n) is 7.32. The second-order valence-corrected chi connectivity index (χ2v) is 9.25. The predicted octanol–water partition coefficient (Wildman–Crippen LogP) is 5.20. The fourth-order valence-electron chi connectivity index (χ4n) is 5.50. The van der Waals surface area contributed by atoms with Crippen LogP contribution in [0.5, 0.6) is 11.5 Å². The highest BCUT2D eigenvalue weighted by atomic mass is 16.5. The number of aromatic nitrogens is 1. The van der Waals surface area contributed by atoms with Crippen LogP contribution in [0.25, 0.3) is 10.9 Å². The highest BCUT2D eigenvalue weighted by Gasteiger charge is 2.34. The molecule has 4 aromatic rings. The summed E-state index contributed by atoms with van der Waals surface area (Å²) in [5.41, 5.74) is 8.16. The van der Waals surface area contributed by atoms with Crippen molar-refractivity contribution in [2.45, 2.75) is 32.0 Å². The lowest BCUT2D eigenvalue weighted by atomic mass is 9.85. The standard InChI is InChI=1S/C29H28N2O4/c1-33-27-15-22-20(13-28(27)35-17-18-7-9-19(10-8-18)29(32)34-2)11-12-31-16-25-23(14-26(22)31)21-5-3-4-6-24(21)30-25/h3-10,13,15,26,30H,11-12,14,16-17H2,1-2H3. The Bertz CT molecular complexity index is 1410. The van der Waals surface area contributed by atoms with E-state index in [1.54, 1.807) is 19.2 Å². The van der Waals surface area contributed by atoms with Crippen LogP contribution in [-0.4, -0.2) is 36.6 Å². The van der Waals surface area contributed by atoms with Gasteiger partial charge in [-0.05, 0) is 65.4 Å². The first-order valence-corrected chi connectivity index (χ1v) is 12.0. The summed E-state index contributed by atoms with van der Waals surface area (Å²) in [6.07, 6.45) is 1.97. The highest BCUT2D eigenvalue weighted by molar-refractivity contribution is 5.89. The van der Waals surface area contributed by atoms with E-state index in [1.165, 1.54) is 40.4 Å². The minimum Gasteiger partial charge on any atom is -0.493 e. The summed E-state index contributed by atoms with van der Waals surface area (Å²) in [5, 5.41) is 1.33. The Labute approximate surface area is 204 Å².